The average Bonchev–Trinajstić information content (AvgIpc) is 2.37. The van der Waals surface area contributed by atoms with Gasteiger partial charge < -0.3 is 9.47 Å². The minimum atomic E-state index is -4.39. The van der Waals surface area contributed by atoms with Crippen LogP contribution in [0.3, 0.4) is 0 Å². The van der Waals surface area contributed by atoms with E-state index in [4.69, 9.17) is 4.74 Å². The van der Waals surface area contributed by atoms with Gasteiger partial charge in [-0.15, -0.1) is 3.89 Å². The maximum absolute atomic E-state index is 12.2. The number of unbranched alkanes of at least 4 members (excludes halogenated alkanes) is 1. The minimum absolute atomic E-state index is 0.207. The van der Waals surface area contributed by atoms with Crippen LogP contribution in [0.1, 0.15) is 23.2 Å². The standard InChI is InChI=1S/C12H15FO5S/c1-17-12(14)10-4-6-11(7-5-10)18-8-2-3-9-19(13,15)16/h4-7H,2-3,8-9H2,1H3. The molecule has 0 bridgehead atoms. The van der Waals surface area contributed by atoms with Crippen molar-refractivity contribution in [2.24, 2.45) is 0 Å². The number of ether oxygens (including phenoxy) is 2. The molecular weight excluding hydrogens is 275 g/mol. The zero-order chi connectivity index (χ0) is 14.3. The Hall–Kier alpha value is -1.63. The fourth-order valence-electron chi connectivity index (χ4n) is 1.37. The molecule has 1 aromatic carbocycles. The molecule has 0 unspecified atom stereocenters. The Bertz CT molecular complexity index is 509. The van der Waals surface area contributed by atoms with Gasteiger partial charge in [-0.2, -0.15) is 8.42 Å². The molecule has 0 aromatic heterocycles. The van der Waals surface area contributed by atoms with E-state index in [-0.39, 0.29) is 13.0 Å². The normalized spacial score (nSPS) is 11.1. The Labute approximate surface area is 111 Å². The van der Waals surface area contributed by atoms with E-state index < -0.39 is 21.9 Å². The molecule has 106 valence electrons. The lowest BCUT2D eigenvalue weighted by Gasteiger charge is -2.06. The van der Waals surface area contributed by atoms with Gasteiger partial charge in [0, 0.05) is 0 Å². The Morgan fingerprint density at radius 3 is 2.37 bits per heavy atom. The molecular formula is C12H15FO5S. The maximum Gasteiger partial charge on any atom is 0.337 e. The van der Waals surface area contributed by atoms with Gasteiger partial charge in [0.25, 0.3) is 0 Å². The lowest BCUT2D eigenvalue weighted by Crippen LogP contribution is -2.04. The van der Waals surface area contributed by atoms with Crippen LogP contribution >= 0.6 is 0 Å². The summed E-state index contributed by atoms with van der Waals surface area (Å²) in [5.41, 5.74) is 0.415. The van der Waals surface area contributed by atoms with Crippen molar-refractivity contribution in [2.75, 3.05) is 19.5 Å². The van der Waals surface area contributed by atoms with Crippen molar-refractivity contribution >= 4 is 16.2 Å². The van der Waals surface area contributed by atoms with Crippen LogP contribution in [0.2, 0.25) is 0 Å². The molecule has 0 saturated heterocycles. The predicted molar refractivity (Wildman–Crippen MR) is 67.4 cm³/mol. The summed E-state index contributed by atoms with van der Waals surface area (Å²) in [7, 11) is -3.10. The number of carbonyl (C=O) groups excluding carboxylic acids is 1. The molecule has 0 aliphatic heterocycles. The summed E-state index contributed by atoms with van der Waals surface area (Å²) in [5, 5.41) is 0. The summed E-state index contributed by atoms with van der Waals surface area (Å²) in [6.07, 6.45) is 0.640. The van der Waals surface area contributed by atoms with E-state index in [2.05, 4.69) is 4.74 Å². The molecule has 19 heavy (non-hydrogen) atoms. The zero-order valence-corrected chi connectivity index (χ0v) is 11.3. The highest BCUT2D eigenvalue weighted by molar-refractivity contribution is 7.86. The van der Waals surface area contributed by atoms with E-state index in [0.29, 0.717) is 17.7 Å². The summed E-state index contributed by atoms with van der Waals surface area (Å²) in [6, 6.07) is 6.34. The van der Waals surface area contributed by atoms with E-state index in [1.165, 1.54) is 7.11 Å². The van der Waals surface area contributed by atoms with Crippen LogP contribution in [0.5, 0.6) is 5.75 Å². The van der Waals surface area contributed by atoms with Crippen LogP contribution in [0.25, 0.3) is 0 Å². The molecule has 0 aliphatic carbocycles. The molecule has 0 spiro atoms. The molecule has 0 heterocycles. The molecule has 0 fully saturated rings. The van der Waals surface area contributed by atoms with Gasteiger partial charge in [0.1, 0.15) is 5.75 Å². The first kappa shape index (κ1) is 15.4. The van der Waals surface area contributed by atoms with E-state index >= 15 is 0 Å². The molecule has 5 nitrogen and oxygen atoms in total. The molecule has 0 radical (unpaired) electrons. The van der Waals surface area contributed by atoms with Crippen LogP contribution in [-0.4, -0.2) is 33.9 Å². The maximum atomic E-state index is 12.2. The van der Waals surface area contributed by atoms with Gasteiger partial charge in [-0.25, -0.2) is 4.79 Å². The van der Waals surface area contributed by atoms with Crippen LogP contribution in [0.15, 0.2) is 24.3 Å². The van der Waals surface area contributed by atoms with Gasteiger partial charge in [0.15, 0.2) is 0 Å². The monoisotopic (exact) mass is 290 g/mol. The first-order valence-electron chi connectivity index (χ1n) is 5.66. The Balaban J connectivity index is 2.32. The first-order valence-corrected chi connectivity index (χ1v) is 7.21. The third-order valence-corrected chi connectivity index (χ3v) is 3.10. The molecule has 0 atom stereocenters. The van der Waals surface area contributed by atoms with Crippen molar-refractivity contribution in [1.29, 1.82) is 0 Å². The lowest BCUT2D eigenvalue weighted by atomic mass is 10.2. The Morgan fingerprint density at radius 2 is 1.84 bits per heavy atom. The highest BCUT2D eigenvalue weighted by Crippen LogP contribution is 2.13. The van der Waals surface area contributed by atoms with Crippen molar-refractivity contribution in [2.45, 2.75) is 12.8 Å². The topological polar surface area (TPSA) is 69.7 Å². The number of halogens is 1. The summed E-state index contributed by atoms with van der Waals surface area (Å²) in [6.45, 7) is 0.285. The van der Waals surface area contributed by atoms with Crippen molar-refractivity contribution in [3.8, 4) is 5.75 Å². The van der Waals surface area contributed by atoms with E-state index in [0.717, 1.165) is 0 Å². The second-order valence-electron chi connectivity index (χ2n) is 3.81. The summed E-state index contributed by atoms with van der Waals surface area (Å²) in [5.74, 6) is -0.368. The Morgan fingerprint density at radius 1 is 1.21 bits per heavy atom. The molecule has 7 heteroatoms. The van der Waals surface area contributed by atoms with Gasteiger partial charge in [-0.1, -0.05) is 0 Å². The number of benzene rings is 1. The van der Waals surface area contributed by atoms with Gasteiger partial charge in [-0.05, 0) is 37.1 Å². The third-order valence-electron chi connectivity index (χ3n) is 2.33. The molecule has 0 N–H and O–H groups in total. The summed E-state index contributed by atoms with van der Waals surface area (Å²) >= 11 is 0. The summed E-state index contributed by atoms with van der Waals surface area (Å²) < 4.78 is 42.5. The molecule has 0 aliphatic rings. The van der Waals surface area contributed by atoms with Crippen molar-refractivity contribution in [3.05, 3.63) is 29.8 Å². The van der Waals surface area contributed by atoms with Crippen LogP contribution < -0.4 is 4.74 Å². The number of methoxy groups -OCH3 is 1. The Kier molecular flexibility index (Phi) is 5.75. The van der Waals surface area contributed by atoms with Gasteiger partial charge >= 0.3 is 16.2 Å². The quantitative estimate of drug-likeness (QED) is 0.436. The number of rotatable bonds is 7. The van der Waals surface area contributed by atoms with E-state index in [1.807, 2.05) is 0 Å². The zero-order valence-electron chi connectivity index (χ0n) is 10.5. The number of hydrogen-bond donors (Lipinski definition) is 0. The van der Waals surface area contributed by atoms with Crippen LogP contribution in [0.4, 0.5) is 3.89 Å². The largest absolute Gasteiger partial charge is 0.494 e. The average molecular weight is 290 g/mol. The molecule has 1 aromatic rings. The fourth-order valence-corrected chi connectivity index (χ4v) is 1.92. The molecule has 0 amide bonds. The van der Waals surface area contributed by atoms with Crippen molar-refractivity contribution < 1.29 is 26.6 Å². The van der Waals surface area contributed by atoms with E-state index in [1.54, 1.807) is 24.3 Å². The summed E-state index contributed by atoms with van der Waals surface area (Å²) in [4.78, 5) is 11.2. The number of carbonyl (C=O) groups is 1. The highest BCUT2D eigenvalue weighted by atomic mass is 32.3. The molecule has 1 rings (SSSR count). The highest BCUT2D eigenvalue weighted by Gasteiger charge is 2.06. The second kappa shape index (κ2) is 7.08. The van der Waals surface area contributed by atoms with Gasteiger partial charge in [0.05, 0.1) is 25.0 Å². The smallest absolute Gasteiger partial charge is 0.337 e. The first-order chi connectivity index (χ1) is 8.92. The predicted octanol–water partition coefficient (Wildman–Crippen LogP) is 1.93. The van der Waals surface area contributed by atoms with Crippen LogP contribution in [0, 0.1) is 0 Å². The third kappa shape index (κ3) is 6.19. The van der Waals surface area contributed by atoms with E-state index in [9.17, 15) is 17.1 Å². The number of hydrogen-bond acceptors (Lipinski definition) is 5. The SMILES string of the molecule is COC(=O)c1ccc(OCCCCS(=O)(=O)F)cc1. The number of esters is 1. The second-order valence-corrected chi connectivity index (χ2v) is 5.30. The van der Waals surface area contributed by atoms with Gasteiger partial charge in [-0.3, -0.25) is 0 Å². The lowest BCUT2D eigenvalue weighted by molar-refractivity contribution is 0.0600. The van der Waals surface area contributed by atoms with Crippen molar-refractivity contribution in [1.82, 2.24) is 0 Å². The minimum Gasteiger partial charge on any atom is -0.494 e. The van der Waals surface area contributed by atoms with Gasteiger partial charge in [0.2, 0.25) is 0 Å². The van der Waals surface area contributed by atoms with Crippen LogP contribution in [-0.2, 0) is 15.0 Å². The fraction of sp³-hybridized carbons (Fsp3) is 0.417. The molecule has 0 saturated carbocycles. The van der Waals surface area contributed by atoms with Crippen molar-refractivity contribution in [3.63, 3.8) is 0 Å².